The lowest BCUT2D eigenvalue weighted by Crippen LogP contribution is -2.34. The number of nitrogens with zero attached hydrogens (tertiary/aromatic N) is 1. The maximum absolute atomic E-state index is 12.5. The fourth-order valence-electron chi connectivity index (χ4n) is 2.37. The third kappa shape index (κ3) is 4.39. The number of carbonyl (C=O) groups excluding carboxylic acids is 1. The van der Waals surface area contributed by atoms with Crippen molar-refractivity contribution in [3.63, 3.8) is 0 Å². The van der Waals surface area contributed by atoms with Gasteiger partial charge in [-0.05, 0) is 38.0 Å². The molecule has 6 nitrogen and oxygen atoms in total. The Balaban J connectivity index is 2.24. The number of amidine groups is 1. The Morgan fingerprint density at radius 3 is 2.74 bits per heavy atom. The third-order valence-corrected chi connectivity index (χ3v) is 3.70. The molecular formula is C16H20ClN3O3. The van der Waals surface area contributed by atoms with Gasteiger partial charge in [-0.25, -0.2) is 0 Å². The molecule has 23 heavy (non-hydrogen) atoms. The van der Waals surface area contributed by atoms with Crippen molar-refractivity contribution >= 4 is 29.0 Å². The van der Waals surface area contributed by atoms with Crippen LogP contribution in [0.3, 0.4) is 0 Å². The smallest absolute Gasteiger partial charge is 0.293 e. The minimum atomic E-state index is -0.602. The summed E-state index contributed by atoms with van der Waals surface area (Å²) < 4.78 is 5.05. The van der Waals surface area contributed by atoms with E-state index in [1.807, 2.05) is 0 Å². The molecule has 1 heterocycles. The first-order valence-corrected chi connectivity index (χ1v) is 7.87. The molecule has 0 bridgehead atoms. The van der Waals surface area contributed by atoms with Gasteiger partial charge >= 0.3 is 0 Å². The standard InChI is InChI=1S/C16H20ClN3O3/c1-2-23-16(22)13(14(18)20-8-3-4-9-20)15(21)19-12-7-5-6-11(17)10-12/h5-7,10,18,22H,2-4,8-9H2,1H3,(H,19,21)/b16-13-,18-14?. The minimum absolute atomic E-state index is 0.0343. The van der Waals surface area contributed by atoms with Crippen LogP contribution in [0.4, 0.5) is 5.69 Å². The first kappa shape index (κ1) is 17.1. The van der Waals surface area contributed by atoms with Crippen LogP contribution in [-0.4, -0.2) is 41.4 Å². The maximum atomic E-state index is 12.5. The largest absolute Gasteiger partial charge is 0.480 e. The number of nitrogens with one attached hydrogen (secondary N) is 2. The van der Waals surface area contributed by atoms with E-state index in [-0.39, 0.29) is 18.0 Å². The quantitative estimate of drug-likeness (QED) is 0.333. The van der Waals surface area contributed by atoms with Gasteiger partial charge in [0.15, 0.2) is 5.57 Å². The van der Waals surface area contributed by atoms with E-state index in [1.165, 1.54) is 0 Å². The number of carbonyl (C=O) groups is 1. The number of halogens is 1. The van der Waals surface area contributed by atoms with Crippen LogP contribution in [0.2, 0.25) is 5.02 Å². The molecule has 1 aliphatic rings. The van der Waals surface area contributed by atoms with Gasteiger partial charge in [-0.2, -0.15) is 0 Å². The zero-order chi connectivity index (χ0) is 16.8. The molecule has 1 amide bonds. The van der Waals surface area contributed by atoms with Gasteiger partial charge in [-0.1, -0.05) is 17.7 Å². The van der Waals surface area contributed by atoms with Gasteiger partial charge in [0.05, 0.1) is 6.61 Å². The number of anilines is 1. The zero-order valence-electron chi connectivity index (χ0n) is 12.9. The molecule has 0 unspecified atom stereocenters. The fourth-order valence-corrected chi connectivity index (χ4v) is 2.56. The Morgan fingerprint density at radius 2 is 2.13 bits per heavy atom. The van der Waals surface area contributed by atoms with Crippen molar-refractivity contribution < 1.29 is 14.6 Å². The number of hydrogen-bond donors (Lipinski definition) is 3. The third-order valence-electron chi connectivity index (χ3n) is 3.46. The van der Waals surface area contributed by atoms with Crippen molar-refractivity contribution in [2.24, 2.45) is 0 Å². The van der Waals surface area contributed by atoms with Crippen LogP contribution in [-0.2, 0) is 9.53 Å². The number of aliphatic hydroxyl groups excluding tert-OH is 1. The van der Waals surface area contributed by atoms with E-state index in [4.69, 9.17) is 21.7 Å². The summed E-state index contributed by atoms with van der Waals surface area (Å²) in [7, 11) is 0. The zero-order valence-corrected chi connectivity index (χ0v) is 13.7. The highest BCUT2D eigenvalue weighted by Crippen LogP contribution is 2.19. The number of hydrogen-bond acceptors (Lipinski definition) is 4. The Kier molecular flexibility index (Phi) is 5.87. The Hall–Kier alpha value is -2.21. The highest BCUT2D eigenvalue weighted by atomic mass is 35.5. The van der Waals surface area contributed by atoms with Gasteiger partial charge in [0.1, 0.15) is 5.84 Å². The molecule has 1 aromatic rings. The molecule has 3 N–H and O–H groups in total. The van der Waals surface area contributed by atoms with Crippen molar-refractivity contribution in [2.45, 2.75) is 19.8 Å². The number of amides is 1. The van der Waals surface area contributed by atoms with Crippen LogP contribution in [0.5, 0.6) is 0 Å². The van der Waals surface area contributed by atoms with E-state index in [9.17, 15) is 9.90 Å². The van der Waals surface area contributed by atoms with Crippen LogP contribution in [0.25, 0.3) is 0 Å². The molecule has 7 heteroatoms. The average molecular weight is 338 g/mol. The Labute approximate surface area is 140 Å². The Morgan fingerprint density at radius 1 is 1.43 bits per heavy atom. The second-order valence-corrected chi connectivity index (χ2v) is 5.56. The average Bonchev–Trinajstić information content (AvgIpc) is 3.01. The first-order chi connectivity index (χ1) is 11.0. The first-order valence-electron chi connectivity index (χ1n) is 7.49. The van der Waals surface area contributed by atoms with E-state index in [2.05, 4.69) is 5.32 Å². The van der Waals surface area contributed by atoms with E-state index >= 15 is 0 Å². The van der Waals surface area contributed by atoms with Crippen LogP contribution < -0.4 is 5.32 Å². The van der Waals surface area contributed by atoms with Gasteiger partial charge in [-0.3, -0.25) is 10.2 Å². The number of aliphatic hydroxyl groups is 1. The summed E-state index contributed by atoms with van der Waals surface area (Å²) in [6.07, 6.45) is 1.92. The molecule has 0 spiro atoms. The molecule has 124 valence electrons. The number of benzene rings is 1. The van der Waals surface area contributed by atoms with E-state index in [1.54, 1.807) is 36.1 Å². The molecule has 0 saturated carbocycles. The molecule has 0 aliphatic carbocycles. The van der Waals surface area contributed by atoms with Crippen molar-refractivity contribution in [2.75, 3.05) is 25.0 Å². The molecular weight excluding hydrogens is 318 g/mol. The van der Waals surface area contributed by atoms with Gasteiger partial charge in [-0.15, -0.1) is 0 Å². The summed E-state index contributed by atoms with van der Waals surface area (Å²) in [5.41, 5.74) is 0.312. The van der Waals surface area contributed by atoms with Crippen LogP contribution >= 0.6 is 11.6 Å². The van der Waals surface area contributed by atoms with Gasteiger partial charge < -0.3 is 20.1 Å². The lowest BCUT2D eigenvalue weighted by atomic mass is 10.2. The van der Waals surface area contributed by atoms with E-state index in [0.717, 1.165) is 12.8 Å². The van der Waals surface area contributed by atoms with Crippen LogP contribution in [0.1, 0.15) is 19.8 Å². The molecule has 0 radical (unpaired) electrons. The summed E-state index contributed by atoms with van der Waals surface area (Å²) in [5.74, 6) is -1.17. The maximum Gasteiger partial charge on any atom is 0.293 e. The number of rotatable bonds is 5. The van der Waals surface area contributed by atoms with E-state index in [0.29, 0.717) is 23.8 Å². The highest BCUT2D eigenvalue weighted by molar-refractivity contribution is 6.31. The molecule has 1 aliphatic heterocycles. The highest BCUT2D eigenvalue weighted by Gasteiger charge is 2.27. The summed E-state index contributed by atoms with van der Waals surface area (Å²) in [4.78, 5) is 14.3. The Bertz CT molecular complexity index is 625. The fraction of sp³-hybridized carbons (Fsp3) is 0.375. The van der Waals surface area contributed by atoms with Crippen LogP contribution in [0, 0.1) is 5.41 Å². The summed E-state index contributed by atoms with van der Waals surface area (Å²) >= 11 is 5.90. The van der Waals surface area contributed by atoms with Crippen molar-refractivity contribution in [1.29, 1.82) is 5.41 Å². The SMILES string of the molecule is CCO/C(O)=C(/C(=N)N1CCCC1)C(=O)Nc1cccc(Cl)c1. The van der Waals surface area contributed by atoms with Crippen LogP contribution in [0.15, 0.2) is 35.8 Å². The molecule has 2 rings (SSSR count). The molecule has 1 fully saturated rings. The van der Waals surface area contributed by atoms with Crippen molar-refractivity contribution in [3.05, 3.63) is 40.8 Å². The predicted molar refractivity (Wildman–Crippen MR) is 89.9 cm³/mol. The summed E-state index contributed by atoms with van der Waals surface area (Å²) in [6, 6.07) is 6.67. The normalized spacial score (nSPS) is 15.1. The van der Waals surface area contributed by atoms with Crippen molar-refractivity contribution in [1.82, 2.24) is 4.90 Å². The molecule has 0 aromatic heterocycles. The van der Waals surface area contributed by atoms with Gasteiger partial charge in [0.25, 0.3) is 11.9 Å². The second kappa shape index (κ2) is 7.87. The second-order valence-electron chi connectivity index (χ2n) is 5.12. The molecule has 1 saturated heterocycles. The van der Waals surface area contributed by atoms with Crippen molar-refractivity contribution in [3.8, 4) is 0 Å². The summed E-state index contributed by atoms with van der Waals surface area (Å²) in [5, 5.41) is 21.4. The lowest BCUT2D eigenvalue weighted by Gasteiger charge is -2.21. The number of likely N-dealkylation sites (tertiary alicyclic amines) is 1. The minimum Gasteiger partial charge on any atom is -0.480 e. The van der Waals surface area contributed by atoms with Gasteiger partial charge in [0, 0.05) is 23.8 Å². The molecule has 1 aromatic carbocycles. The topological polar surface area (TPSA) is 85.7 Å². The molecule has 0 atom stereocenters. The summed E-state index contributed by atoms with van der Waals surface area (Å²) in [6.45, 7) is 3.27. The van der Waals surface area contributed by atoms with E-state index < -0.39 is 11.9 Å². The monoisotopic (exact) mass is 337 g/mol. The predicted octanol–water partition coefficient (Wildman–Crippen LogP) is 3.16. The lowest BCUT2D eigenvalue weighted by molar-refractivity contribution is -0.113. The number of ether oxygens (including phenoxy) is 1. The van der Waals surface area contributed by atoms with Gasteiger partial charge in [0.2, 0.25) is 0 Å².